The van der Waals surface area contributed by atoms with Gasteiger partial charge in [-0.25, -0.2) is 4.99 Å². The number of H-pyrrole nitrogens is 1. The van der Waals surface area contributed by atoms with Crippen molar-refractivity contribution in [1.82, 2.24) is 9.97 Å². The third kappa shape index (κ3) is 2.18. The Morgan fingerprint density at radius 1 is 1.44 bits per heavy atom. The molecule has 0 amide bonds. The number of hydrogen-bond acceptors (Lipinski definition) is 8. The fourth-order valence-corrected chi connectivity index (χ4v) is 1.56. The number of nitrogen functional groups attached to an aromatic ring is 1. The average molecular weight is 255 g/mol. The predicted octanol–water partition coefficient (Wildman–Crippen LogP) is -2.44. The van der Waals surface area contributed by atoms with E-state index in [2.05, 4.69) is 20.3 Å². The summed E-state index contributed by atoms with van der Waals surface area (Å²) in [5.41, 5.74) is 4.94. The van der Waals surface area contributed by atoms with E-state index in [1.54, 1.807) is 0 Å². The summed E-state index contributed by atoms with van der Waals surface area (Å²) in [5.74, 6) is 0.173. The van der Waals surface area contributed by atoms with Crippen molar-refractivity contribution in [3.63, 3.8) is 0 Å². The van der Waals surface area contributed by atoms with Crippen LogP contribution >= 0.6 is 0 Å². The van der Waals surface area contributed by atoms with Crippen molar-refractivity contribution >= 4 is 23.2 Å². The summed E-state index contributed by atoms with van der Waals surface area (Å²) < 4.78 is 0. The van der Waals surface area contributed by atoms with Crippen molar-refractivity contribution in [2.75, 3.05) is 24.2 Å². The van der Waals surface area contributed by atoms with E-state index in [1.807, 2.05) is 0 Å². The second kappa shape index (κ2) is 4.72. The van der Waals surface area contributed by atoms with Gasteiger partial charge >= 0.3 is 0 Å². The van der Waals surface area contributed by atoms with Crippen LogP contribution in [0.25, 0.3) is 0 Å². The minimum atomic E-state index is -1.35. The third-order valence-electron chi connectivity index (χ3n) is 2.50. The standard InChI is InChI=1S/C9H13N5O4/c10-9-13-7-5(8(18)14-9)12-3(1-11-7)6(17)4(16)2-15/h4,6,15-17H,1-2H2,(H4,10,11,13,14,18)/t4-,6-/m0/s1. The lowest BCUT2D eigenvalue weighted by molar-refractivity contribution is 0.0180. The monoisotopic (exact) mass is 255 g/mol. The fourth-order valence-electron chi connectivity index (χ4n) is 1.56. The van der Waals surface area contributed by atoms with Crippen molar-refractivity contribution < 1.29 is 15.3 Å². The summed E-state index contributed by atoms with van der Waals surface area (Å²) in [6.07, 6.45) is -2.71. The van der Waals surface area contributed by atoms with Gasteiger partial charge in [0.1, 0.15) is 12.2 Å². The topological polar surface area (TPSA) is 157 Å². The summed E-state index contributed by atoms with van der Waals surface area (Å²) in [5, 5.41) is 30.5. The van der Waals surface area contributed by atoms with Gasteiger partial charge in [-0.2, -0.15) is 4.98 Å². The minimum absolute atomic E-state index is 0.0189. The first kappa shape index (κ1) is 12.5. The molecule has 0 spiro atoms. The van der Waals surface area contributed by atoms with E-state index in [0.717, 1.165) is 0 Å². The summed E-state index contributed by atoms with van der Waals surface area (Å²) in [7, 11) is 0. The zero-order valence-electron chi connectivity index (χ0n) is 9.29. The van der Waals surface area contributed by atoms with Crippen LogP contribution in [0.2, 0.25) is 0 Å². The molecule has 0 saturated carbocycles. The molecule has 0 aromatic carbocycles. The van der Waals surface area contributed by atoms with Gasteiger partial charge in [0.05, 0.1) is 18.9 Å². The van der Waals surface area contributed by atoms with E-state index >= 15 is 0 Å². The molecule has 1 aromatic heterocycles. The number of fused-ring (bicyclic) bond motifs is 1. The van der Waals surface area contributed by atoms with Crippen molar-refractivity contribution in [3.8, 4) is 0 Å². The number of nitrogens with two attached hydrogens (primary N) is 1. The van der Waals surface area contributed by atoms with Crippen molar-refractivity contribution in [2.24, 2.45) is 4.99 Å². The predicted molar refractivity (Wildman–Crippen MR) is 64.0 cm³/mol. The average Bonchev–Trinajstić information content (AvgIpc) is 2.36. The van der Waals surface area contributed by atoms with Gasteiger partial charge in [0.25, 0.3) is 5.56 Å². The van der Waals surface area contributed by atoms with E-state index in [9.17, 15) is 15.0 Å². The second-order valence-electron chi connectivity index (χ2n) is 3.80. The van der Waals surface area contributed by atoms with Crippen LogP contribution in [0.4, 0.5) is 17.5 Å². The number of nitrogens with one attached hydrogen (secondary N) is 2. The lowest BCUT2D eigenvalue weighted by Gasteiger charge is -2.22. The number of anilines is 2. The number of nitrogens with zero attached hydrogens (tertiary/aromatic N) is 2. The van der Waals surface area contributed by atoms with Gasteiger partial charge in [-0.3, -0.25) is 9.78 Å². The molecule has 1 aliphatic heterocycles. The van der Waals surface area contributed by atoms with Crippen LogP contribution < -0.4 is 16.6 Å². The number of aliphatic hydroxyl groups is 3. The van der Waals surface area contributed by atoms with E-state index in [1.165, 1.54) is 0 Å². The molecule has 2 atom stereocenters. The maximum atomic E-state index is 11.6. The summed E-state index contributed by atoms with van der Waals surface area (Å²) in [6.45, 7) is -0.509. The largest absolute Gasteiger partial charge is 0.394 e. The number of aliphatic hydroxyl groups excluding tert-OH is 3. The number of rotatable bonds is 3. The zero-order chi connectivity index (χ0) is 13.3. The highest BCUT2D eigenvalue weighted by Gasteiger charge is 2.25. The number of aromatic amines is 1. The molecule has 1 aromatic rings. The van der Waals surface area contributed by atoms with E-state index in [-0.39, 0.29) is 29.7 Å². The lowest BCUT2D eigenvalue weighted by atomic mass is 10.1. The van der Waals surface area contributed by atoms with Crippen LogP contribution in [-0.4, -0.2) is 56.4 Å². The molecule has 7 N–H and O–H groups in total. The minimum Gasteiger partial charge on any atom is -0.394 e. The molecule has 0 saturated heterocycles. The quantitative estimate of drug-likeness (QED) is 0.350. The van der Waals surface area contributed by atoms with Gasteiger partial charge in [0, 0.05) is 0 Å². The Morgan fingerprint density at radius 3 is 2.83 bits per heavy atom. The van der Waals surface area contributed by atoms with Gasteiger partial charge in [0.2, 0.25) is 5.95 Å². The van der Waals surface area contributed by atoms with Gasteiger partial charge < -0.3 is 26.4 Å². The number of aromatic nitrogens is 2. The highest BCUT2D eigenvalue weighted by molar-refractivity contribution is 5.97. The normalized spacial score (nSPS) is 17.4. The molecular formula is C9H13N5O4. The van der Waals surface area contributed by atoms with Crippen molar-refractivity contribution in [3.05, 3.63) is 10.4 Å². The van der Waals surface area contributed by atoms with Crippen molar-refractivity contribution in [1.29, 1.82) is 0 Å². The van der Waals surface area contributed by atoms with Gasteiger partial charge in [-0.05, 0) is 0 Å². The van der Waals surface area contributed by atoms with Crippen LogP contribution in [0.3, 0.4) is 0 Å². The molecule has 9 heteroatoms. The molecule has 18 heavy (non-hydrogen) atoms. The first-order valence-electron chi connectivity index (χ1n) is 5.21. The molecule has 0 radical (unpaired) electrons. The summed E-state index contributed by atoms with van der Waals surface area (Å²) in [4.78, 5) is 21.6. The molecule has 98 valence electrons. The SMILES string of the molecule is Nc1nc2c(c(=O)[nH]1)N=C([C@H](O)[C@@H](O)CO)CN2. The van der Waals surface area contributed by atoms with E-state index < -0.39 is 24.4 Å². The Balaban J connectivity index is 2.39. The molecule has 1 aliphatic rings. The zero-order valence-corrected chi connectivity index (χ0v) is 9.29. The highest BCUT2D eigenvalue weighted by Crippen LogP contribution is 2.22. The van der Waals surface area contributed by atoms with Crippen LogP contribution in [0.5, 0.6) is 0 Å². The molecule has 9 nitrogen and oxygen atoms in total. The number of aliphatic imine (C=N–C) groups is 1. The third-order valence-corrected chi connectivity index (χ3v) is 2.50. The van der Waals surface area contributed by atoms with Gasteiger partial charge in [0.15, 0.2) is 11.5 Å². The van der Waals surface area contributed by atoms with Crippen LogP contribution in [0.15, 0.2) is 9.79 Å². The Hall–Kier alpha value is -1.97. The Bertz CT molecular complexity index is 540. The summed E-state index contributed by atoms with van der Waals surface area (Å²) >= 11 is 0. The van der Waals surface area contributed by atoms with E-state index in [0.29, 0.717) is 0 Å². The first-order valence-corrected chi connectivity index (χ1v) is 5.21. The maximum absolute atomic E-state index is 11.6. The number of hydrogen-bond donors (Lipinski definition) is 6. The first-order chi connectivity index (χ1) is 8.52. The molecule has 0 fully saturated rings. The van der Waals surface area contributed by atoms with Crippen LogP contribution in [-0.2, 0) is 0 Å². The van der Waals surface area contributed by atoms with E-state index in [4.69, 9.17) is 10.8 Å². The molecule has 2 rings (SSSR count). The van der Waals surface area contributed by atoms with Crippen molar-refractivity contribution in [2.45, 2.75) is 12.2 Å². The molecule has 0 aliphatic carbocycles. The lowest BCUT2D eigenvalue weighted by Crippen LogP contribution is -2.41. The van der Waals surface area contributed by atoms with Gasteiger partial charge in [-0.1, -0.05) is 0 Å². The smallest absolute Gasteiger partial charge is 0.280 e. The Labute approximate surface area is 101 Å². The molecule has 2 heterocycles. The maximum Gasteiger partial charge on any atom is 0.280 e. The fraction of sp³-hybridized carbons (Fsp3) is 0.444. The molecule has 0 bridgehead atoms. The molecule has 0 unspecified atom stereocenters. The van der Waals surface area contributed by atoms with Gasteiger partial charge in [-0.15, -0.1) is 0 Å². The Morgan fingerprint density at radius 2 is 2.17 bits per heavy atom. The Kier molecular flexibility index (Phi) is 3.28. The highest BCUT2D eigenvalue weighted by atomic mass is 16.4. The van der Waals surface area contributed by atoms with Crippen LogP contribution in [0, 0.1) is 0 Å². The second-order valence-corrected chi connectivity index (χ2v) is 3.80. The molecular weight excluding hydrogens is 242 g/mol. The van der Waals surface area contributed by atoms with Crippen LogP contribution in [0.1, 0.15) is 0 Å². The summed E-state index contributed by atoms with van der Waals surface area (Å²) in [6, 6.07) is 0.